The molecule has 1 aromatic carbocycles. The summed E-state index contributed by atoms with van der Waals surface area (Å²) in [6.07, 6.45) is 1.78. The van der Waals surface area contributed by atoms with Crippen molar-refractivity contribution in [3.63, 3.8) is 0 Å². The Balaban J connectivity index is 1.59. The van der Waals surface area contributed by atoms with Gasteiger partial charge in [0.2, 0.25) is 0 Å². The van der Waals surface area contributed by atoms with Crippen molar-refractivity contribution >= 4 is 34.0 Å². The van der Waals surface area contributed by atoms with Crippen LogP contribution in [0, 0.1) is 6.92 Å². The number of anilines is 1. The van der Waals surface area contributed by atoms with Crippen LogP contribution < -0.4 is 10.6 Å². The molecule has 0 unspecified atom stereocenters. The molecule has 0 atom stereocenters. The second kappa shape index (κ2) is 6.73. The Labute approximate surface area is 149 Å². The molecule has 2 aromatic heterocycles. The van der Waals surface area contributed by atoms with Gasteiger partial charge in [0.25, 0.3) is 0 Å². The van der Waals surface area contributed by atoms with Crippen LogP contribution in [0.25, 0.3) is 21.3 Å². The van der Waals surface area contributed by atoms with E-state index in [4.69, 9.17) is 0 Å². The lowest BCUT2D eigenvalue weighted by Gasteiger charge is -2.27. The van der Waals surface area contributed by atoms with E-state index >= 15 is 0 Å². The molecule has 4 rings (SSSR count). The topological polar surface area (TPSA) is 83.0 Å². The van der Waals surface area contributed by atoms with Crippen molar-refractivity contribution in [3.05, 3.63) is 35.5 Å². The fourth-order valence-corrected chi connectivity index (χ4v) is 3.50. The smallest absolute Gasteiger partial charge is 0.322 e. The maximum Gasteiger partial charge on any atom is 0.323 e. The fraction of sp³-hybridized carbons (Fsp3) is 0.294. The van der Waals surface area contributed by atoms with E-state index in [1.165, 1.54) is 0 Å². The Morgan fingerprint density at radius 3 is 2.80 bits per heavy atom. The Kier molecular flexibility index (Phi) is 4.29. The summed E-state index contributed by atoms with van der Waals surface area (Å²) in [6.45, 7) is 5.00. The predicted octanol–water partition coefficient (Wildman–Crippen LogP) is 2.50. The number of nitrogens with one attached hydrogen (secondary N) is 2. The van der Waals surface area contributed by atoms with E-state index in [1.807, 2.05) is 25.1 Å². The third-order valence-electron chi connectivity index (χ3n) is 4.13. The van der Waals surface area contributed by atoms with Crippen molar-refractivity contribution in [1.29, 1.82) is 0 Å². The number of nitrogens with zero attached hydrogens (tertiary/aromatic N) is 4. The number of benzene rings is 1. The molecule has 25 heavy (non-hydrogen) atoms. The molecule has 7 nitrogen and oxygen atoms in total. The maximum absolute atomic E-state index is 12.3. The highest BCUT2D eigenvalue weighted by atomic mass is 32.1. The molecular weight excluding hydrogens is 336 g/mol. The number of urea groups is 1. The molecule has 2 amide bonds. The second-order valence-corrected chi connectivity index (χ2v) is 7.11. The summed E-state index contributed by atoms with van der Waals surface area (Å²) < 4.78 is 0. The van der Waals surface area contributed by atoms with Gasteiger partial charge in [-0.3, -0.25) is 5.32 Å². The SMILES string of the molecule is Cc1nnc(-c2ccc3cnc(NC(=O)N4CCNCC4)cc3c2)s1. The number of carbonyl (C=O) groups is 1. The van der Waals surface area contributed by atoms with Crippen molar-refractivity contribution in [2.75, 3.05) is 31.5 Å². The number of hydrogen-bond acceptors (Lipinski definition) is 6. The Morgan fingerprint density at radius 2 is 2.04 bits per heavy atom. The summed E-state index contributed by atoms with van der Waals surface area (Å²) in [6, 6.07) is 7.87. The zero-order chi connectivity index (χ0) is 17.2. The minimum absolute atomic E-state index is 0.107. The second-order valence-electron chi connectivity index (χ2n) is 5.92. The van der Waals surface area contributed by atoms with E-state index in [1.54, 1.807) is 22.4 Å². The molecule has 1 saturated heterocycles. The first-order valence-corrected chi connectivity index (χ1v) is 8.98. The van der Waals surface area contributed by atoms with Crippen LogP contribution >= 0.6 is 11.3 Å². The summed E-state index contributed by atoms with van der Waals surface area (Å²) in [4.78, 5) is 18.5. The van der Waals surface area contributed by atoms with E-state index in [0.29, 0.717) is 18.9 Å². The van der Waals surface area contributed by atoms with Gasteiger partial charge in [0.05, 0.1) is 0 Å². The predicted molar refractivity (Wildman–Crippen MR) is 98.8 cm³/mol. The average Bonchev–Trinajstić information content (AvgIpc) is 3.08. The summed E-state index contributed by atoms with van der Waals surface area (Å²) in [5.74, 6) is 0.557. The highest BCUT2D eigenvalue weighted by Crippen LogP contribution is 2.27. The number of amides is 2. The summed E-state index contributed by atoms with van der Waals surface area (Å²) in [5.41, 5.74) is 1.02. The van der Waals surface area contributed by atoms with E-state index in [0.717, 1.165) is 39.4 Å². The first kappa shape index (κ1) is 15.9. The monoisotopic (exact) mass is 354 g/mol. The van der Waals surface area contributed by atoms with Crippen LogP contribution in [-0.2, 0) is 0 Å². The van der Waals surface area contributed by atoms with Crippen molar-refractivity contribution in [1.82, 2.24) is 25.4 Å². The Hall–Kier alpha value is -2.58. The van der Waals surface area contributed by atoms with Gasteiger partial charge >= 0.3 is 6.03 Å². The van der Waals surface area contributed by atoms with Crippen molar-refractivity contribution in [3.8, 4) is 10.6 Å². The van der Waals surface area contributed by atoms with Gasteiger partial charge in [0.1, 0.15) is 15.8 Å². The summed E-state index contributed by atoms with van der Waals surface area (Å²) in [5, 5.41) is 18.2. The lowest BCUT2D eigenvalue weighted by atomic mass is 10.1. The Bertz CT molecular complexity index is 918. The van der Waals surface area contributed by atoms with E-state index in [9.17, 15) is 4.79 Å². The van der Waals surface area contributed by atoms with Gasteiger partial charge in [-0.25, -0.2) is 9.78 Å². The summed E-state index contributed by atoms with van der Waals surface area (Å²) in [7, 11) is 0. The van der Waals surface area contributed by atoms with Crippen LogP contribution in [0.3, 0.4) is 0 Å². The van der Waals surface area contributed by atoms with Gasteiger partial charge in [0.15, 0.2) is 0 Å². The van der Waals surface area contributed by atoms with Crippen molar-refractivity contribution < 1.29 is 4.79 Å². The van der Waals surface area contributed by atoms with E-state index < -0.39 is 0 Å². The fourth-order valence-electron chi connectivity index (χ4n) is 2.81. The number of aromatic nitrogens is 3. The number of hydrogen-bond donors (Lipinski definition) is 2. The normalized spacial score (nSPS) is 14.7. The van der Waals surface area contributed by atoms with Crippen LogP contribution in [0.5, 0.6) is 0 Å². The first-order valence-electron chi connectivity index (χ1n) is 8.16. The van der Waals surface area contributed by atoms with E-state index in [-0.39, 0.29) is 6.03 Å². The molecule has 2 N–H and O–H groups in total. The van der Waals surface area contributed by atoms with E-state index in [2.05, 4.69) is 31.9 Å². The molecule has 0 aliphatic carbocycles. The molecule has 1 aliphatic heterocycles. The molecule has 128 valence electrons. The number of carbonyl (C=O) groups excluding carboxylic acids is 1. The quantitative estimate of drug-likeness (QED) is 0.739. The average molecular weight is 354 g/mol. The molecule has 3 aromatic rings. The molecule has 0 spiro atoms. The third-order valence-corrected chi connectivity index (χ3v) is 5.02. The zero-order valence-electron chi connectivity index (χ0n) is 13.8. The molecule has 1 aliphatic rings. The molecule has 0 saturated carbocycles. The number of rotatable bonds is 2. The van der Waals surface area contributed by atoms with Crippen LogP contribution in [0.1, 0.15) is 5.01 Å². The van der Waals surface area contributed by atoms with Crippen molar-refractivity contribution in [2.45, 2.75) is 6.92 Å². The van der Waals surface area contributed by atoms with Crippen LogP contribution in [-0.4, -0.2) is 52.3 Å². The molecular formula is C17H18N6OS. The lowest BCUT2D eigenvalue weighted by molar-refractivity contribution is 0.204. The van der Waals surface area contributed by atoms with Gasteiger partial charge in [-0.2, -0.15) is 0 Å². The molecule has 0 bridgehead atoms. The molecule has 1 fully saturated rings. The van der Waals surface area contributed by atoms with Gasteiger partial charge < -0.3 is 10.2 Å². The first-order chi connectivity index (χ1) is 12.2. The number of piperazine rings is 1. The maximum atomic E-state index is 12.3. The van der Waals surface area contributed by atoms with Gasteiger partial charge in [0, 0.05) is 43.3 Å². The van der Waals surface area contributed by atoms with Crippen LogP contribution in [0.4, 0.5) is 10.6 Å². The van der Waals surface area contributed by atoms with Gasteiger partial charge in [-0.15, -0.1) is 10.2 Å². The number of aryl methyl sites for hydroxylation is 1. The number of pyridine rings is 1. The molecule has 8 heteroatoms. The highest BCUT2D eigenvalue weighted by molar-refractivity contribution is 7.14. The lowest BCUT2D eigenvalue weighted by Crippen LogP contribution is -2.48. The molecule has 3 heterocycles. The number of fused-ring (bicyclic) bond motifs is 1. The molecule has 0 radical (unpaired) electrons. The summed E-state index contributed by atoms with van der Waals surface area (Å²) >= 11 is 1.56. The van der Waals surface area contributed by atoms with Crippen molar-refractivity contribution in [2.24, 2.45) is 0 Å². The van der Waals surface area contributed by atoms with Gasteiger partial charge in [-0.05, 0) is 24.4 Å². The highest BCUT2D eigenvalue weighted by Gasteiger charge is 2.16. The standard InChI is InChI=1S/C17H18N6OS/c1-11-21-22-16(25-11)12-2-3-13-10-19-15(9-14(13)8-12)20-17(24)23-6-4-18-5-7-23/h2-3,8-10,18H,4-7H2,1H3,(H,19,20,24). The minimum atomic E-state index is -0.107. The third kappa shape index (κ3) is 3.45. The Morgan fingerprint density at radius 1 is 1.20 bits per heavy atom. The zero-order valence-corrected chi connectivity index (χ0v) is 14.6. The van der Waals surface area contributed by atoms with Crippen LogP contribution in [0.2, 0.25) is 0 Å². The van der Waals surface area contributed by atoms with Crippen LogP contribution in [0.15, 0.2) is 30.5 Å². The van der Waals surface area contributed by atoms with Gasteiger partial charge in [-0.1, -0.05) is 23.5 Å². The minimum Gasteiger partial charge on any atom is -0.322 e. The largest absolute Gasteiger partial charge is 0.323 e.